The number of ether oxygens (including phenoxy) is 1. The largest absolute Gasteiger partial charge is 0.392 e. The van der Waals surface area contributed by atoms with Crippen molar-refractivity contribution in [1.29, 1.82) is 0 Å². The van der Waals surface area contributed by atoms with Crippen molar-refractivity contribution in [3.8, 4) is 0 Å². The lowest BCUT2D eigenvalue weighted by Crippen LogP contribution is -2.66. The van der Waals surface area contributed by atoms with Crippen LogP contribution in [0.3, 0.4) is 0 Å². The molecule has 94 valence electrons. The summed E-state index contributed by atoms with van der Waals surface area (Å²) in [7, 11) is 0. The highest BCUT2D eigenvalue weighted by Crippen LogP contribution is 2.52. The maximum absolute atomic E-state index is 9.81. The second-order valence-electron chi connectivity index (χ2n) is 6.26. The first-order valence-corrected chi connectivity index (χ1v) is 6.47. The van der Waals surface area contributed by atoms with Gasteiger partial charge in [-0.3, -0.25) is 0 Å². The topological polar surface area (TPSA) is 41.5 Å². The third-order valence-electron chi connectivity index (χ3n) is 4.42. The summed E-state index contributed by atoms with van der Waals surface area (Å²) in [4.78, 5) is 0. The molecular weight excluding hydrogens is 202 g/mol. The van der Waals surface area contributed by atoms with Gasteiger partial charge >= 0.3 is 0 Å². The van der Waals surface area contributed by atoms with Gasteiger partial charge in [-0.05, 0) is 12.3 Å². The Morgan fingerprint density at radius 3 is 2.75 bits per heavy atom. The number of nitrogens with one attached hydrogen (secondary N) is 1. The molecule has 1 saturated carbocycles. The van der Waals surface area contributed by atoms with Gasteiger partial charge in [-0.1, -0.05) is 27.7 Å². The maximum atomic E-state index is 9.81. The van der Waals surface area contributed by atoms with Crippen molar-refractivity contribution in [2.24, 2.45) is 17.3 Å². The molecule has 0 bridgehead atoms. The molecule has 1 heterocycles. The molecule has 16 heavy (non-hydrogen) atoms. The van der Waals surface area contributed by atoms with Crippen LogP contribution in [-0.4, -0.2) is 36.5 Å². The van der Waals surface area contributed by atoms with Crippen LogP contribution < -0.4 is 5.32 Å². The highest BCUT2D eigenvalue weighted by molar-refractivity contribution is 5.11. The summed E-state index contributed by atoms with van der Waals surface area (Å²) < 4.78 is 5.75. The summed E-state index contributed by atoms with van der Waals surface area (Å²) in [5.74, 6) is 0.987. The van der Waals surface area contributed by atoms with Gasteiger partial charge in [-0.2, -0.15) is 0 Å². The third kappa shape index (κ3) is 1.89. The number of fused-ring (bicyclic) bond motifs is 1. The van der Waals surface area contributed by atoms with Gasteiger partial charge in [0, 0.05) is 30.5 Å². The number of hydrogen-bond donors (Lipinski definition) is 2. The molecule has 1 aliphatic carbocycles. The first-order chi connectivity index (χ1) is 7.44. The molecular formula is C13H25NO2. The molecule has 2 fully saturated rings. The number of hydrogen-bond acceptors (Lipinski definition) is 3. The van der Waals surface area contributed by atoms with Gasteiger partial charge in [0.05, 0.1) is 12.2 Å². The molecule has 0 aromatic carbocycles. The molecule has 0 spiro atoms. The normalized spacial score (nSPS) is 38.2. The average molecular weight is 227 g/mol. The Morgan fingerprint density at radius 1 is 1.44 bits per heavy atom. The lowest BCUT2D eigenvalue weighted by atomic mass is 9.57. The second kappa shape index (κ2) is 4.28. The van der Waals surface area contributed by atoms with Crippen LogP contribution in [0.5, 0.6) is 0 Å². The lowest BCUT2D eigenvalue weighted by molar-refractivity contribution is -0.114. The maximum Gasteiger partial charge on any atom is 0.0687 e. The number of aliphatic hydroxyl groups excluding tert-OH is 1. The van der Waals surface area contributed by atoms with Crippen LogP contribution >= 0.6 is 0 Å². The Labute approximate surface area is 98.6 Å². The summed E-state index contributed by atoms with van der Waals surface area (Å²) in [6, 6.07) is 0.508. The molecule has 0 aromatic heterocycles. The fourth-order valence-corrected chi connectivity index (χ4v) is 3.22. The van der Waals surface area contributed by atoms with Crippen molar-refractivity contribution in [2.75, 3.05) is 13.2 Å². The Balaban J connectivity index is 1.86. The van der Waals surface area contributed by atoms with Gasteiger partial charge in [-0.25, -0.2) is 0 Å². The first kappa shape index (κ1) is 12.3. The molecule has 2 rings (SSSR count). The van der Waals surface area contributed by atoms with E-state index in [-0.39, 0.29) is 11.5 Å². The molecule has 1 saturated heterocycles. The molecule has 0 radical (unpaired) electrons. The minimum absolute atomic E-state index is 0.220. The monoisotopic (exact) mass is 227 g/mol. The van der Waals surface area contributed by atoms with Gasteiger partial charge in [0.25, 0.3) is 0 Å². The predicted octanol–water partition coefficient (Wildman–Crippen LogP) is 1.41. The van der Waals surface area contributed by atoms with Crippen molar-refractivity contribution in [3.63, 3.8) is 0 Å². The summed E-state index contributed by atoms with van der Waals surface area (Å²) in [6.45, 7) is 10.2. The van der Waals surface area contributed by atoms with Crippen LogP contribution in [0, 0.1) is 17.3 Å². The van der Waals surface area contributed by atoms with E-state index in [0.29, 0.717) is 30.5 Å². The summed E-state index contributed by atoms with van der Waals surface area (Å²) in [5.41, 5.74) is 0.220. The number of aliphatic hydroxyl groups is 1. The molecule has 4 unspecified atom stereocenters. The predicted molar refractivity (Wildman–Crippen MR) is 64.3 cm³/mol. The zero-order chi connectivity index (χ0) is 11.9. The Morgan fingerprint density at radius 2 is 2.12 bits per heavy atom. The zero-order valence-electron chi connectivity index (χ0n) is 10.9. The van der Waals surface area contributed by atoms with Crippen molar-refractivity contribution < 1.29 is 9.84 Å². The fraction of sp³-hybridized carbons (Fsp3) is 1.00. The van der Waals surface area contributed by atoms with Crippen LogP contribution in [0.4, 0.5) is 0 Å². The smallest absolute Gasteiger partial charge is 0.0687 e. The molecule has 3 nitrogen and oxygen atoms in total. The summed E-state index contributed by atoms with van der Waals surface area (Å²) in [5, 5.41) is 13.3. The average Bonchev–Trinajstić information content (AvgIpc) is 2.63. The summed E-state index contributed by atoms with van der Waals surface area (Å²) >= 11 is 0. The molecule has 3 heteroatoms. The molecule has 1 aliphatic heterocycles. The van der Waals surface area contributed by atoms with E-state index in [2.05, 4.69) is 33.0 Å². The molecule has 2 aliphatic rings. The van der Waals surface area contributed by atoms with E-state index in [1.165, 1.54) is 6.42 Å². The van der Waals surface area contributed by atoms with E-state index >= 15 is 0 Å². The van der Waals surface area contributed by atoms with Crippen molar-refractivity contribution >= 4 is 0 Å². The van der Waals surface area contributed by atoms with E-state index in [1.54, 1.807) is 0 Å². The van der Waals surface area contributed by atoms with Crippen LogP contribution in [0.2, 0.25) is 0 Å². The van der Waals surface area contributed by atoms with E-state index in [1.807, 2.05) is 0 Å². The van der Waals surface area contributed by atoms with Crippen LogP contribution in [0.1, 0.15) is 34.1 Å². The SMILES string of the molecule is CC(C)C(O)CNC1C2CCOC2C1(C)C. The van der Waals surface area contributed by atoms with Gasteiger partial charge in [0.1, 0.15) is 0 Å². The van der Waals surface area contributed by atoms with Gasteiger partial charge in [0.2, 0.25) is 0 Å². The minimum atomic E-state index is -0.239. The van der Waals surface area contributed by atoms with Crippen LogP contribution in [-0.2, 0) is 4.74 Å². The summed E-state index contributed by atoms with van der Waals surface area (Å²) in [6.07, 6.45) is 1.36. The quantitative estimate of drug-likeness (QED) is 0.763. The van der Waals surface area contributed by atoms with Gasteiger partial charge in [0.15, 0.2) is 0 Å². The Bertz CT molecular complexity index is 252. The second-order valence-corrected chi connectivity index (χ2v) is 6.26. The fourth-order valence-electron chi connectivity index (χ4n) is 3.22. The zero-order valence-corrected chi connectivity index (χ0v) is 10.9. The number of rotatable bonds is 4. The molecule has 2 N–H and O–H groups in total. The highest BCUT2D eigenvalue weighted by Gasteiger charge is 2.58. The van der Waals surface area contributed by atoms with Gasteiger partial charge in [-0.15, -0.1) is 0 Å². The lowest BCUT2D eigenvalue weighted by Gasteiger charge is -2.55. The Kier molecular flexibility index (Phi) is 3.30. The van der Waals surface area contributed by atoms with E-state index in [9.17, 15) is 5.11 Å². The van der Waals surface area contributed by atoms with E-state index < -0.39 is 0 Å². The highest BCUT2D eigenvalue weighted by atomic mass is 16.5. The molecule has 4 atom stereocenters. The standard InChI is InChI=1S/C13H25NO2/c1-8(2)10(15)7-14-11-9-5-6-16-12(9)13(11,3)4/h8-12,14-15H,5-7H2,1-4H3. The van der Waals surface area contributed by atoms with Crippen molar-refractivity contribution in [1.82, 2.24) is 5.32 Å². The first-order valence-electron chi connectivity index (χ1n) is 6.47. The van der Waals surface area contributed by atoms with Crippen LogP contribution in [0.15, 0.2) is 0 Å². The third-order valence-corrected chi connectivity index (χ3v) is 4.42. The Hall–Kier alpha value is -0.120. The van der Waals surface area contributed by atoms with Crippen molar-refractivity contribution in [3.05, 3.63) is 0 Å². The molecule has 0 amide bonds. The van der Waals surface area contributed by atoms with Crippen LogP contribution in [0.25, 0.3) is 0 Å². The molecule has 0 aromatic rings. The van der Waals surface area contributed by atoms with E-state index in [4.69, 9.17) is 4.74 Å². The minimum Gasteiger partial charge on any atom is -0.392 e. The van der Waals surface area contributed by atoms with Crippen molar-refractivity contribution in [2.45, 2.75) is 52.4 Å². The van der Waals surface area contributed by atoms with Gasteiger partial charge < -0.3 is 15.2 Å². The van der Waals surface area contributed by atoms with E-state index in [0.717, 1.165) is 6.61 Å².